The van der Waals surface area contributed by atoms with Crippen LogP contribution < -0.4 is 10.9 Å². The predicted octanol–water partition coefficient (Wildman–Crippen LogP) is 3.62. The van der Waals surface area contributed by atoms with Crippen LogP contribution in [0.25, 0.3) is 21.3 Å². The van der Waals surface area contributed by atoms with Crippen molar-refractivity contribution >= 4 is 27.5 Å². The summed E-state index contributed by atoms with van der Waals surface area (Å²) >= 11 is 1.41. The van der Waals surface area contributed by atoms with Gasteiger partial charge in [0.1, 0.15) is 17.2 Å². The predicted molar refractivity (Wildman–Crippen MR) is 112 cm³/mol. The maximum Gasteiger partial charge on any atom is 0.263 e. The number of carbonyl (C=O) groups is 1. The zero-order chi connectivity index (χ0) is 20.2. The Morgan fingerprint density at radius 1 is 1.10 bits per heavy atom. The number of nitrogens with zero attached hydrogens (tertiary/aromatic N) is 2. The van der Waals surface area contributed by atoms with E-state index in [9.17, 15) is 14.0 Å². The number of benzene rings is 2. The minimum absolute atomic E-state index is 0.102. The molecule has 0 atom stereocenters. The third-order valence-corrected chi connectivity index (χ3v) is 5.49. The molecule has 0 saturated carbocycles. The topological polar surface area (TPSA) is 64.0 Å². The monoisotopic (exact) mass is 407 g/mol. The standard InChI is InChI=1S/C22H18FN3O2S/c23-17-8-6-15(7-9-17)10-11-24-19(27)12-26-14-25-21-20(22(26)28)18(13-29-21)16-4-2-1-3-5-16/h1-9,13-14H,10-12H2,(H,24,27). The van der Waals surface area contributed by atoms with E-state index >= 15 is 0 Å². The number of fused-ring (bicyclic) bond motifs is 1. The number of thiophene rings is 1. The summed E-state index contributed by atoms with van der Waals surface area (Å²) in [7, 11) is 0. The lowest BCUT2D eigenvalue weighted by Gasteiger charge is -2.08. The van der Waals surface area contributed by atoms with Gasteiger partial charge in [0.25, 0.3) is 5.56 Å². The molecule has 2 aromatic carbocycles. The van der Waals surface area contributed by atoms with Gasteiger partial charge in [-0.3, -0.25) is 14.2 Å². The summed E-state index contributed by atoms with van der Waals surface area (Å²) in [5.74, 6) is -0.560. The van der Waals surface area contributed by atoms with E-state index in [1.165, 1.54) is 34.4 Å². The first-order valence-corrected chi connectivity index (χ1v) is 10.0. The van der Waals surface area contributed by atoms with Gasteiger partial charge in [-0.1, -0.05) is 42.5 Å². The molecule has 0 fully saturated rings. The molecule has 4 rings (SSSR count). The highest BCUT2D eigenvalue weighted by molar-refractivity contribution is 7.17. The molecule has 1 N–H and O–H groups in total. The molecule has 4 aromatic rings. The molecular weight excluding hydrogens is 389 g/mol. The Morgan fingerprint density at radius 3 is 2.62 bits per heavy atom. The maximum atomic E-state index is 13.0. The SMILES string of the molecule is O=C(Cn1cnc2scc(-c3ccccc3)c2c1=O)NCCc1ccc(F)cc1. The average Bonchev–Trinajstić information content (AvgIpc) is 3.17. The van der Waals surface area contributed by atoms with Crippen molar-refractivity contribution in [2.75, 3.05) is 6.54 Å². The largest absolute Gasteiger partial charge is 0.354 e. The van der Waals surface area contributed by atoms with E-state index in [-0.39, 0.29) is 23.8 Å². The van der Waals surface area contributed by atoms with Gasteiger partial charge in [-0.15, -0.1) is 11.3 Å². The lowest BCUT2D eigenvalue weighted by Crippen LogP contribution is -2.33. The normalized spacial score (nSPS) is 10.9. The Morgan fingerprint density at radius 2 is 1.86 bits per heavy atom. The first-order chi connectivity index (χ1) is 14.1. The van der Waals surface area contributed by atoms with Gasteiger partial charge in [0.05, 0.1) is 11.7 Å². The maximum absolute atomic E-state index is 13.0. The van der Waals surface area contributed by atoms with Crippen molar-refractivity contribution in [2.45, 2.75) is 13.0 Å². The van der Waals surface area contributed by atoms with Gasteiger partial charge >= 0.3 is 0 Å². The number of nitrogens with one attached hydrogen (secondary N) is 1. The van der Waals surface area contributed by atoms with Crippen LogP contribution in [0.3, 0.4) is 0 Å². The van der Waals surface area contributed by atoms with Crippen LogP contribution in [0.1, 0.15) is 5.56 Å². The van der Waals surface area contributed by atoms with Crippen LogP contribution in [0, 0.1) is 5.82 Å². The van der Waals surface area contributed by atoms with Crippen LogP contribution in [0.15, 0.2) is 71.1 Å². The number of amides is 1. The summed E-state index contributed by atoms with van der Waals surface area (Å²) in [6.45, 7) is 0.303. The summed E-state index contributed by atoms with van der Waals surface area (Å²) in [5.41, 5.74) is 2.47. The van der Waals surface area contributed by atoms with Gasteiger partial charge in [-0.2, -0.15) is 0 Å². The van der Waals surface area contributed by atoms with Crippen LogP contribution in [0.5, 0.6) is 0 Å². The number of halogens is 1. The number of hydrogen-bond acceptors (Lipinski definition) is 4. The van der Waals surface area contributed by atoms with E-state index in [2.05, 4.69) is 10.3 Å². The molecule has 0 spiro atoms. The third-order valence-electron chi connectivity index (χ3n) is 4.61. The molecule has 7 heteroatoms. The second kappa shape index (κ2) is 8.36. The minimum atomic E-state index is -0.289. The summed E-state index contributed by atoms with van der Waals surface area (Å²) in [5, 5.41) is 5.24. The van der Waals surface area contributed by atoms with Gasteiger partial charge in [0.2, 0.25) is 5.91 Å². The zero-order valence-corrected chi connectivity index (χ0v) is 16.3. The van der Waals surface area contributed by atoms with Crippen LogP contribution >= 0.6 is 11.3 Å². The summed E-state index contributed by atoms with van der Waals surface area (Å²) < 4.78 is 14.3. The van der Waals surface area contributed by atoms with Gasteiger partial charge < -0.3 is 5.32 Å². The molecule has 29 heavy (non-hydrogen) atoms. The smallest absolute Gasteiger partial charge is 0.263 e. The molecule has 0 unspecified atom stereocenters. The van der Waals surface area contributed by atoms with Crippen molar-refractivity contribution in [3.8, 4) is 11.1 Å². The third kappa shape index (κ3) is 4.25. The first-order valence-electron chi connectivity index (χ1n) is 9.15. The molecule has 0 saturated heterocycles. The minimum Gasteiger partial charge on any atom is -0.354 e. The number of rotatable bonds is 6. The number of aromatic nitrogens is 2. The van der Waals surface area contributed by atoms with E-state index < -0.39 is 0 Å². The van der Waals surface area contributed by atoms with Crippen molar-refractivity contribution in [3.05, 3.63) is 88.0 Å². The molecular formula is C22H18FN3O2S. The molecule has 5 nitrogen and oxygen atoms in total. The fraction of sp³-hybridized carbons (Fsp3) is 0.136. The average molecular weight is 407 g/mol. The lowest BCUT2D eigenvalue weighted by molar-refractivity contribution is -0.121. The highest BCUT2D eigenvalue weighted by Gasteiger charge is 2.14. The van der Waals surface area contributed by atoms with Crippen molar-refractivity contribution in [2.24, 2.45) is 0 Å². The molecule has 0 aliphatic heterocycles. The van der Waals surface area contributed by atoms with Gasteiger partial charge in [-0.05, 0) is 29.7 Å². The van der Waals surface area contributed by atoms with Crippen LogP contribution in [-0.2, 0) is 17.8 Å². The molecule has 0 bridgehead atoms. The highest BCUT2D eigenvalue weighted by atomic mass is 32.1. The fourth-order valence-electron chi connectivity index (χ4n) is 3.12. The first kappa shape index (κ1) is 19.0. The van der Waals surface area contributed by atoms with E-state index in [4.69, 9.17) is 0 Å². The molecule has 146 valence electrons. The molecule has 2 aromatic heterocycles. The van der Waals surface area contributed by atoms with Gasteiger partial charge in [0, 0.05) is 17.5 Å². The lowest BCUT2D eigenvalue weighted by atomic mass is 10.1. The summed E-state index contributed by atoms with van der Waals surface area (Å²) in [6.07, 6.45) is 2.00. The van der Waals surface area contributed by atoms with Gasteiger partial charge in [0.15, 0.2) is 0 Å². The van der Waals surface area contributed by atoms with Crippen LogP contribution in [-0.4, -0.2) is 22.0 Å². The second-order valence-corrected chi connectivity index (χ2v) is 7.46. The number of hydrogen-bond donors (Lipinski definition) is 1. The van der Waals surface area contributed by atoms with Gasteiger partial charge in [-0.25, -0.2) is 9.37 Å². The van der Waals surface area contributed by atoms with Crippen molar-refractivity contribution in [1.82, 2.24) is 14.9 Å². The van der Waals surface area contributed by atoms with Crippen LogP contribution in [0.4, 0.5) is 4.39 Å². The van der Waals surface area contributed by atoms with E-state index in [1.807, 2.05) is 35.7 Å². The Balaban J connectivity index is 1.48. The molecule has 0 aliphatic rings. The molecule has 0 aliphatic carbocycles. The Kier molecular flexibility index (Phi) is 5.48. The van der Waals surface area contributed by atoms with Crippen molar-refractivity contribution < 1.29 is 9.18 Å². The molecule has 0 radical (unpaired) electrons. The summed E-state index contributed by atoms with van der Waals surface area (Å²) in [6, 6.07) is 15.8. The fourth-order valence-corrected chi connectivity index (χ4v) is 4.02. The Bertz CT molecular complexity index is 1200. The quantitative estimate of drug-likeness (QED) is 0.531. The Labute approximate surface area is 170 Å². The summed E-state index contributed by atoms with van der Waals surface area (Å²) in [4.78, 5) is 30.2. The second-order valence-electron chi connectivity index (χ2n) is 6.60. The van der Waals surface area contributed by atoms with Crippen LogP contribution in [0.2, 0.25) is 0 Å². The highest BCUT2D eigenvalue weighted by Crippen LogP contribution is 2.30. The molecule has 2 heterocycles. The molecule has 1 amide bonds. The van der Waals surface area contributed by atoms with E-state index in [0.29, 0.717) is 23.2 Å². The van der Waals surface area contributed by atoms with Crippen molar-refractivity contribution in [3.63, 3.8) is 0 Å². The van der Waals surface area contributed by atoms with E-state index in [0.717, 1.165) is 16.7 Å². The van der Waals surface area contributed by atoms with Crippen molar-refractivity contribution in [1.29, 1.82) is 0 Å². The van der Waals surface area contributed by atoms with E-state index in [1.54, 1.807) is 12.1 Å². The Hall–Kier alpha value is -3.32. The number of carbonyl (C=O) groups excluding carboxylic acids is 1. The zero-order valence-electron chi connectivity index (χ0n) is 15.5.